The van der Waals surface area contributed by atoms with Crippen LogP contribution in [-0.4, -0.2) is 16.9 Å². The minimum atomic E-state index is -1.49. The van der Waals surface area contributed by atoms with Crippen LogP contribution in [0.1, 0.15) is 21.5 Å². The van der Waals surface area contributed by atoms with Gasteiger partial charge in [0.15, 0.2) is 0 Å². The van der Waals surface area contributed by atoms with E-state index in [1.807, 2.05) is 6.92 Å². The Balaban J connectivity index is 3.29. The van der Waals surface area contributed by atoms with Crippen molar-refractivity contribution in [2.24, 2.45) is 0 Å². The second-order valence-electron chi connectivity index (χ2n) is 3.05. The third-order valence-electron chi connectivity index (χ3n) is 2.02. The number of rotatable bonds is 2. The molecule has 0 saturated carbocycles. The van der Waals surface area contributed by atoms with Crippen molar-refractivity contribution in [2.75, 3.05) is 0 Å². The van der Waals surface area contributed by atoms with E-state index in [0.717, 1.165) is 11.1 Å². The molecule has 0 radical (unpaired) electrons. The zero-order valence-corrected chi connectivity index (χ0v) is 8.55. The normalized spacial score (nSPS) is 9.93. The molecule has 0 atom stereocenters. The van der Waals surface area contributed by atoms with E-state index in [2.05, 4.69) is 0 Å². The summed E-state index contributed by atoms with van der Waals surface area (Å²) < 4.78 is 0. The van der Waals surface area contributed by atoms with Crippen molar-refractivity contribution < 1.29 is 14.7 Å². The van der Waals surface area contributed by atoms with E-state index >= 15 is 0 Å². The fraction of sp³-hybridized carbons (Fsp3) is 0.200. The quantitative estimate of drug-likeness (QED) is 0.604. The topological polar surface area (TPSA) is 54.4 Å². The summed E-state index contributed by atoms with van der Waals surface area (Å²) in [4.78, 5) is 21.6. The lowest BCUT2D eigenvalue weighted by Gasteiger charge is -2.04. The third kappa shape index (κ3) is 1.93. The van der Waals surface area contributed by atoms with Crippen LogP contribution in [0.5, 0.6) is 0 Å². The molecule has 1 rings (SSSR count). The molecular weight excluding hydrogens is 204 g/mol. The second kappa shape index (κ2) is 3.80. The number of hydrogen-bond acceptors (Lipinski definition) is 2. The first-order valence-electron chi connectivity index (χ1n) is 3.98. The molecular formula is C10H9ClO3. The number of carboxylic acids is 1. The van der Waals surface area contributed by atoms with Gasteiger partial charge in [-0.1, -0.05) is 11.6 Å². The third-order valence-corrected chi connectivity index (χ3v) is 2.33. The number of aliphatic carboxylic acids is 1. The number of Topliss-reactive ketones (excluding diaryl/α,β-unsaturated/α-hetero) is 1. The van der Waals surface area contributed by atoms with E-state index in [0.29, 0.717) is 0 Å². The first-order chi connectivity index (χ1) is 6.43. The van der Waals surface area contributed by atoms with Crippen molar-refractivity contribution in [3.63, 3.8) is 0 Å². The standard InChI is InChI=1S/C10H9ClO3/c1-5-3-7(9(12)10(13)14)8(11)4-6(5)2/h3-4H,1-2H3,(H,13,14). The summed E-state index contributed by atoms with van der Waals surface area (Å²) in [6.45, 7) is 3.64. The van der Waals surface area contributed by atoms with Gasteiger partial charge in [0.05, 0.1) is 5.02 Å². The maximum Gasteiger partial charge on any atom is 0.377 e. The van der Waals surface area contributed by atoms with Crippen LogP contribution in [0.15, 0.2) is 12.1 Å². The van der Waals surface area contributed by atoms with Gasteiger partial charge in [0.2, 0.25) is 0 Å². The molecule has 0 aliphatic carbocycles. The molecule has 14 heavy (non-hydrogen) atoms. The summed E-state index contributed by atoms with van der Waals surface area (Å²) in [7, 11) is 0. The average molecular weight is 213 g/mol. The minimum Gasteiger partial charge on any atom is -0.475 e. The molecule has 0 spiro atoms. The van der Waals surface area contributed by atoms with Crippen LogP contribution >= 0.6 is 11.6 Å². The van der Waals surface area contributed by atoms with Crippen LogP contribution in [0, 0.1) is 13.8 Å². The van der Waals surface area contributed by atoms with Crippen LogP contribution in [0.3, 0.4) is 0 Å². The highest BCUT2D eigenvalue weighted by Crippen LogP contribution is 2.21. The largest absolute Gasteiger partial charge is 0.475 e. The van der Waals surface area contributed by atoms with Gasteiger partial charge < -0.3 is 5.11 Å². The lowest BCUT2D eigenvalue weighted by molar-refractivity contribution is -0.131. The van der Waals surface area contributed by atoms with E-state index in [9.17, 15) is 9.59 Å². The van der Waals surface area contributed by atoms with Gasteiger partial charge in [0.25, 0.3) is 5.78 Å². The number of carbonyl (C=O) groups excluding carboxylic acids is 1. The van der Waals surface area contributed by atoms with E-state index in [4.69, 9.17) is 16.7 Å². The molecule has 1 aromatic carbocycles. The number of benzene rings is 1. The van der Waals surface area contributed by atoms with Gasteiger partial charge in [0, 0.05) is 5.56 Å². The highest BCUT2D eigenvalue weighted by atomic mass is 35.5. The Morgan fingerprint density at radius 1 is 1.21 bits per heavy atom. The van der Waals surface area contributed by atoms with Crippen molar-refractivity contribution in [1.82, 2.24) is 0 Å². The Bertz CT molecular complexity index is 410. The molecule has 0 bridgehead atoms. The highest BCUT2D eigenvalue weighted by molar-refractivity contribution is 6.45. The summed E-state index contributed by atoms with van der Waals surface area (Å²) >= 11 is 5.76. The van der Waals surface area contributed by atoms with E-state index in [1.165, 1.54) is 6.07 Å². The Hall–Kier alpha value is -1.35. The number of ketones is 1. The summed E-state index contributed by atoms with van der Waals surface area (Å²) in [6.07, 6.45) is 0. The minimum absolute atomic E-state index is 0.0438. The molecule has 1 aromatic rings. The van der Waals surface area contributed by atoms with Gasteiger partial charge in [0.1, 0.15) is 0 Å². The first-order valence-corrected chi connectivity index (χ1v) is 4.35. The van der Waals surface area contributed by atoms with Crippen LogP contribution in [0.2, 0.25) is 5.02 Å². The fourth-order valence-corrected chi connectivity index (χ4v) is 1.37. The molecule has 0 saturated heterocycles. The summed E-state index contributed by atoms with van der Waals surface area (Å²) in [5.74, 6) is -2.46. The molecule has 0 fully saturated rings. The molecule has 0 heterocycles. The molecule has 0 amide bonds. The smallest absolute Gasteiger partial charge is 0.377 e. The zero-order chi connectivity index (χ0) is 10.9. The predicted molar refractivity (Wildman–Crippen MR) is 52.9 cm³/mol. The molecule has 0 aromatic heterocycles. The molecule has 0 unspecified atom stereocenters. The van der Waals surface area contributed by atoms with Gasteiger partial charge in [-0.15, -0.1) is 0 Å². The van der Waals surface area contributed by atoms with Gasteiger partial charge in [-0.05, 0) is 37.1 Å². The maximum absolute atomic E-state index is 11.1. The average Bonchev–Trinajstić information content (AvgIpc) is 2.10. The predicted octanol–water partition coefficient (Wildman–Crippen LogP) is 2.22. The molecule has 3 nitrogen and oxygen atoms in total. The number of halogens is 1. The zero-order valence-electron chi connectivity index (χ0n) is 7.80. The number of carboxylic acid groups (broad SMARTS) is 1. The maximum atomic E-state index is 11.1. The molecule has 4 heteroatoms. The number of aryl methyl sites for hydroxylation is 2. The summed E-state index contributed by atoms with van der Waals surface area (Å²) in [5.41, 5.74) is 1.82. The van der Waals surface area contributed by atoms with E-state index in [1.54, 1.807) is 13.0 Å². The SMILES string of the molecule is Cc1cc(Cl)c(C(=O)C(=O)O)cc1C. The van der Waals surface area contributed by atoms with Gasteiger partial charge in [-0.25, -0.2) is 4.79 Å². The second-order valence-corrected chi connectivity index (χ2v) is 3.46. The van der Waals surface area contributed by atoms with Crippen molar-refractivity contribution in [1.29, 1.82) is 0 Å². The highest BCUT2D eigenvalue weighted by Gasteiger charge is 2.18. The number of hydrogen-bond donors (Lipinski definition) is 1. The Kier molecular flexibility index (Phi) is 2.91. The van der Waals surface area contributed by atoms with E-state index < -0.39 is 11.8 Å². The van der Waals surface area contributed by atoms with E-state index in [-0.39, 0.29) is 10.6 Å². The van der Waals surface area contributed by atoms with Gasteiger partial charge >= 0.3 is 5.97 Å². The van der Waals surface area contributed by atoms with Gasteiger partial charge in [-0.2, -0.15) is 0 Å². The Morgan fingerprint density at radius 2 is 1.71 bits per heavy atom. The fourth-order valence-electron chi connectivity index (χ4n) is 1.07. The molecule has 74 valence electrons. The first kappa shape index (κ1) is 10.7. The Morgan fingerprint density at radius 3 is 2.21 bits per heavy atom. The van der Waals surface area contributed by atoms with Crippen molar-refractivity contribution in [3.8, 4) is 0 Å². The molecule has 0 aliphatic rings. The summed E-state index contributed by atoms with van der Waals surface area (Å²) in [6, 6.07) is 3.08. The molecule has 0 aliphatic heterocycles. The lowest BCUT2D eigenvalue weighted by atomic mass is 10.0. The van der Waals surface area contributed by atoms with Gasteiger partial charge in [-0.3, -0.25) is 4.79 Å². The Labute approximate surface area is 86.3 Å². The van der Waals surface area contributed by atoms with Crippen LogP contribution in [0.4, 0.5) is 0 Å². The molecule has 1 N–H and O–H groups in total. The number of carbonyl (C=O) groups is 2. The van der Waals surface area contributed by atoms with Crippen molar-refractivity contribution in [2.45, 2.75) is 13.8 Å². The van der Waals surface area contributed by atoms with Crippen molar-refractivity contribution >= 4 is 23.4 Å². The summed E-state index contributed by atoms with van der Waals surface area (Å²) in [5, 5.41) is 8.69. The monoisotopic (exact) mass is 212 g/mol. The van der Waals surface area contributed by atoms with Crippen LogP contribution in [-0.2, 0) is 4.79 Å². The van der Waals surface area contributed by atoms with Crippen LogP contribution in [0.25, 0.3) is 0 Å². The van der Waals surface area contributed by atoms with Crippen molar-refractivity contribution in [3.05, 3.63) is 33.8 Å². The lowest BCUT2D eigenvalue weighted by Crippen LogP contribution is -2.13. The van der Waals surface area contributed by atoms with Crippen LogP contribution < -0.4 is 0 Å².